The molecular weight excluding hydrogens is 342 g/mol. The first-order chi connectivity index (χ1) is 9.50. The van der Waals surface area contributed by atoms with Crippen LogP contribution in [-0.4, -0.2) is 32.6 Å². The summed E-state index contributed by atoms with van der Waals surface area (Å²) < 4.78 is 20.9. The highest BCUT2D eigenvalue weighted by molar-refractivity contribution is 9.10. The van der Waals surface area contributed by atoms with E-state index in [-0.39, 0.29) is 11.9 Å². The van der Waals surface area contributed by atoms with E-state index < -0.39 is 11.1 Å². The van der Waals surface area contributed by atoms with Crippen molar-refractivity contribution in [2.45, 2.75) is 30.2 Å². The van der Waals surface area contributed by atoms with Gasteiger partial charge in [0.25, 0.3) is 0 Å². The van der Waals surface area contributed by atoms with Gasteiger partial charge in [-0.2, -0.15) is 0 Å². The van der Waals surface area contributed by atoms with Crippen molar-refractivity contribution in [1.82, 2.24) is 4.90 Å². The van der Waals surface area contributed by atoms with Crippen LogP contribution in [0.15, 0.2) is 27.6 Å². The number of nitrogens with one attached hydrogen (secondary N) is 1. The summed E-state index contributed by atoms with van der Waals surface area (Å²) in [5.41, 5.74) is 6.64. The molecule has 0 amide bonds. The monoisotopic (exact) mass is 359 g/mol. The van der Waals surface area contributed by atoms with E-state index in [9.17, 15) is 4.21 Å². The smallest absolute Gasteiger partial charge is 0.187 e. The zero-order valence-corrected chi connectivity index (χ0v) is 13.4. The fourth-order valence-electron chi connectivity index (χ4n) is 2.59. The van der Waals surface area contributed by atoms with Gasteiger partial charge < -0.3 is 10.3 Å². The lowest BCUT2D eigenvalue weighted by Crippen LogP contribution is -2.40. The minimum Gasteiger partial charge on any atom is -0.386 e. The Hall–Kier alpha value is -0.760. The fraction of sp³-hybridized carbons (Fsp3) is 0.462. The molecule has 1 fully saturated rings. The predicted octanol–water partition coefficient (Wildman–Crippen LogP) is 2.49. The third kappa shape index (κ3) is 3.46. The molecule has 0 bridgehead atoms. The summed E-state index contributed by atoms with van der Waals surface area (Å²) >= 11 is 1.28. The second kappa shape index (κ2) is 6.80. The second-order valence-electron chi connectivity index (χ2n) is 4.89. The van der Waals surface area contributed by atoms with Crippen molar-refractivity contribution in [1.29, 1.82) is 5.41 Å². The van der Waals surface area contributed by atoms with Crippen LogP contribution in [0.1, 0.15) is 30.9 Å². The lowest BCUT2D eigenvalue weighted by atomic mass is 10.0. The average molecular weight is 360 g/mol. The number of nitrogens with zero attached hydrogens (tertiary/aromatic N) is 1. The second-order valence-corrected chi connectivity index (χ2v) is 6.69. The topological polar surface area (TPSA) is 90.4 Å². The summed E-state index contributed by atoms with van der Waals surface area (Å²) in [7, 11) is 0. The zero-order valence-electron chi connectivity index (χ0n) is 11.0. The minimum absolute atomic E-state index is 0.108. The molecule has 1 aliphatic rings. The van der Waals surface area contributed by atoms with Gasteiger partial charge in [0, 0.05) is 4.47 Å². The van der Waals surface area contributed by atoms with Crippen LogP contribution in [-0.2, 0) is 11.1 Å². The number of nitrogens with two attached hydrogens (primary N) is 1. The van der Waals surface area contributed by atoms with E-state index in [1.807, 2.05) is 0 Å². The van der Waals surface area contributed by atoms with Crippen molar-refractivity contribution in [3.8, 4) is 0 Å². The Labute approximate surface area is 129 Å². The Balaban J connectivity index is 2.32. The highest BCUT2D eigenvalue weighted by atomic mass is 79.9. The summed E-state index contributed by atoms with van der Waals surface area (Å²) in [5, 5.41) is 7.85. The maximum absolute atomic E-state index is 11.1. The van der Waals surface area contributed by atoms with Gasteiger partial charge in [0.2, 0.25) is 0 Å². The highest BCUT2D eigenvalue weighted by Crippen LogP contribution is 2.29. The molecule has 2 atom stereocenters. The summed E-state index contributed by atoms with van der Waals surface area (Å²) in [6.45, 7) is 1.85. The SMILES string of the molecule is N=C(N)C(c1ccc(S(=O)O)c(Br)c1)N1CCCCC1. The van der Waals surface area contributed by atoms with Gasteiger partial charge in [0.1, 0.15) is 5.84 Å². The molecule has 4 N–H and O–H groups in total. The third-order valence-electron chi connectivity index (χ3n) is 3.51. The maximum atomic E-state index is 11.1. The number of halogens is 1. The first-order valence-electron chi connectivity index (χ1n) is 6.49. The van der Waals surface area contributed by atoms with Crippen LogP contribution in [0.4, 0.5) is 0 Å². The molecule has 0 aliphatic carbocycles. The molecule has 20 heavy (non-hydrogen) atoms. The van der Waals surface area contributed by atoms with Crippen molar-refractivity contribution < 1.29 is 8.76 Å². The molecule has 110 valence electrons. The van der Waals surface area contributed by atoms with E-state index in [2.05, 4.69) is 20.8 Å². The molecule has 1 aromatic rings. The number of piperidine rings is 1. The minimum atomic E-state index is -2.02. The molecule has 2 unspecified atom stereocenters. The third-order valence-corrected chi connectivity index (χ3v) is 5.16. The standard InChI is InChI=1S/C13H18BrN3O2S/c14-10-8-9(4-5-11(10)20(18)19)12(13(15)16)17-6-2-1-3-7-17/h4-5,8,12H,1-3,6-7H2,(H3,15,16)(H,18,19). The van der Waals surface area contributed by atoms with Gasteiger partial charge in [0.05, 0.1) is 10.9 Å². The van der Waals surface area contributed by atoms with Crippen LogP contribution in [0.2, 0.25) is 0 Å². The largest absolute Gasteiger partial charge is 0.386 e. The number of hydrogen-bond donors (Lipinski definition) is 3. The van der Waals surface area contributed by atoms with Gasteiger partial charge in [-0.25, -0.2) is 4.21 Å². The van der Waals surface area contributed by atoms with Crippen LogP contribution in [0, 0.1) is 5.41 Å². The molecule has 1 aliphatic heterocycles. The molecule has 2 rings (SSSR count). The van der Waals surface area contributed by atoms with Crippen LogP contribution < -0.4 is 5.73 Å². The normalized spacial score (nSPS) is 19.5. The lowest BCUT2D eigenvalue weighted by Gasteiger charge is -2.34. The van der Waals surface area contributed by atoms with Crippen LogP contribution in [0.25, 0.3) is 0 Å². The predicted molar refractivity (Wildman–Crippen MR) is 83.3 cm³/mol. The van der Waals surface area contributed by atoms with E-state index in [4.69, 9.17) is 15.7 Å². The molecule has 0 saturated carbocycles. The summed E-state index contributed by atoms with van der Waals surface area (Å²) in [4.78, 5) is 2.53. The van der Waals surface area contributed by atoms with Crippen LogP contribution in [0.5, 0.6) is 0 Å². The number of likely N-dealkylation sites (tertiary alicyclic amines) is 1. The summed E-state index contributed by atoms with van der Waals surface area (Å²) in [6.07, 6.45) is 3.45. The fourth-order valence-corrected chi connectivity index (χ4v) is 3.81. The van der Waals surface area contributed by atoms with Gasteiger partial charge in [-0.15, -0.1) is 0 Å². The molecule has 0 spiro atoms. The number of benzene rings is 1. The van der Waals surface area contributed by atoms with Crippen LogP contribution >= 0.6 is 15.9 Å². The summed E-state index contributed by atoms with van der Waals surface area (Å²) in [5.74, 6) is 0.108. The Morgan fingerprint density at radius 1 is 1.40 bits per heavy atom. The van der Waals surface area contributed by atoms with Crippen molar-refractivity contribution in [3.63, 3.8) is 0 Å². The number of amidine groups is 1. The van der Waals surface area contributed by atoms with Gasteiger partial charge >= 0.3 is 0 Å². The molecule has 0 radical (unpaired) electrons. The molecular formula is C13H18BrN3O2S. The van der Waals surface area contributed by atoms with E-state index in [0.29, 0.717) is 9.37 Å². The Kier molecular flexibility index (Phi) is 5.31. The molecule has 5 nitrogen and oxygen atoms in total. The molecule has 7 heteroatoms. The van der Waals surface area contributed by atoms with E-state index in [1.165, 1.54) is 6.42 Å². The van der Waals surface area contributed by atoms with Crippen molar-refractivity contribution in [2.75, 3.05) is 13.1 Å². The average Bonchev–Trinajstić information content (AvgIpc) is 2.39. The Morgan fingerprint density at radius 2 is 2.05 bits per heavy atom. The van der Waals surface area contributed by atoms with Gasteiger partial charge in [-0.05, 0) is 59.6 Å². The van der Waals surface area contributed by atoms with Gasteiger partial charge in [-0.3, -0.25) is 10.3 Å². The first-order valence-corrected chi connectivity index (χ1v) is 8.39. The zero-order chi connectivity index (χ0) is 14.7. The first kappa shape index (κ1) is 15.6. The highest BCUT2D eigenvalue weighted by Gasteiger charge is 2.25. The van der Waals surface area contributed by atoms with Crippen molar-refractivity contribution in [3.05, 3.63) is 28.2 Å². The van der Waals surface area contributed by atoms with E-state index >= 15 is 0 Å². The number of rotatable bonds is 4. The maximum Gasteiger partial charge on any atom is 0.187 e. The number of hydrogen-bond acceptors (Lipinski definition) is 3. The van der Waals surface area contributed by atoms with Crippen LogP contribution in [0.3, 0.4) is 0 Å². The van der Waals surface area contributed by atoms with Crippen molar-refractivity contribution in [2.24, 2.45) is 5.73 Å². The molecule has 1 aromatic carbocycles. The quantitative estimate of drug-likeness (QED) is 0.437. The lowest BCUT2D eigenvalue weighted by molar-refractivity contribution is 0.201. The molecule has 1 saturated heterocycles. The summed E-state index contributed by atoms with van der Waals surface area (Å²) in [6, 6.07) is 4.90. The van der Waals surface area contributed by atoms with E-state index in [0.717, 1.165) is 31.5 Å². The van der Waals surface area contributed by atoms with Gasteiger partial charge in [0.15, 0.2) is 11.1 Å². The Bertz CT molecular complexity index is 532. The Morgan fingerprint density at radius 3 is 2.55 bits per heavy atom. The van der Waals surface area contributed by atoms with Crippen molar-refractivity contribution >= 4 is 32.8 Å². The van der Waals surface area contributed by atoms with E-state index in [1.54, 1.807) is 18.2 Å². The molecule has 0 aromatic heterocycles. The molecule has 1 heterocycles. The van der Waals surface area contributed by atoms with Gasteiger partial charge in [-0.1, -0.05) is 12.5 Å².